The molecule has 0 spiro atoms. The van der Waals surface area contributed by atoms with E-state index in [1.54, 1.807) is 31.2 Å². The maximum absolute atomic E-state index is 13.0. The summed E-state index contributed by atoms with van der Waals surface area (Å²) in [7, 11) is -4.25. The maximum atomic E-state index is 13.0. The van der Waals surface area contributed by atoms with Crippen LogP contribution in [-0.2, 0) is 24.3 Å². The molecule has 2 rings (SSSR count). The van der Waals surface area contributed by atoms with E-state index in [4.69, 9.17) is 16.3 Å². The topological polar surface area (TPSA) is 122 Å². The molecule has 0 aliphatic rings. The van der Waals surface area contributed by atoms with Crippen molar-refractivity contribution in [1.82, 2.24) is 10.0 Å². The van der Waals surface area contributed by atoms with Gasteiger partial charge in [-0.3, -0.25) is 9.59 Å². The van der Waals surface area contributed by atoms with Gasteiger partial charge in [-0.1, -0.05) is 23.7 Å². The number of esters is 1. The minimum Gasteiger partial charge on any atom is -0.454 e. The Morgan fingerprint density at radius 2 is 1.81 bits per heavy atom. The molecule has 8 nitrogen and oxygen atoms in total. The quantitative estimate of drug-likeness (QED) is 0.479. The van der Waals surface area contributed by atoms with Gasteiger partial charge in [-0.2, -0.15) is 4.72 Å². The van der Waals surface area contributed by atoms with E-state index < -0.39 is 52.5 Å². The van der Waals surface area contributed by atoms with Gasteiger partial charge < -0.3 is 15.2 Å². The summed E-state index contributed by atoms with van der Waals surface area (Å²) in [5.74, 6) is -2.42. The van der Waals surface area contributed by atoms with Crippen LogP contribution in [0.1, 0.15) is 25.5 Å². The highest BCUT2D eigenvalue weighted by Crippen LogP contribution is 2.17. The number of hydrogen-bond acceptors (Lipinski definition) is 6. The summed E-state index contributed by atoms with van der Waals surface area (Å²) in [5.41, 5.74) is 0.737. The zero-order valence-corrected chi connectivity index (χ0v) is 18.3. The van der Waals surface area contributed by atoms with Crippen molar-refractivity contribution in [3.63, 3.8) is 0 Å². The van der Waals surface area contributed by atoms with Crippen molar-refractivity contribution < 1.29 is 32.2 Å². The van der Waals surface area contributed by atoms with Crippen LogP contribution in [0.4, 0.5) is 4.39 Å². The molecule has 2 aromatic rings. The first-order valence-corrected chi connectivity index (χ1v) is 11.0. The third-order valence-corrected chi connectivity index (χ3v) is 5.91. The van der Waals surface area contributed by atoms with Gasteiger partial charge in [0.15, 0.2) is 6.61 Å². The molecule has 0 bridgehead atoms. The van der Waals surface area contributed by atoms with E-state index in [0.717, 1.165) is 29.8 Å². The molecule has 3 N–H and O–H groups in total. The van der Waals surface area contributed by atoms with Crippen molar-refractivity contribution in [2.75, 3.05) is 6.61 Å². The SMILES string of the molecule is C[C@H](NC(=O)COC(=O)[C@@H](NS(=O)(=O)c1ccc(F)cc1)[C@@H](C)O)c1cccc(Cl)c1. The normalized spacial score (nSPS) is 14.4. The van der Waals surface area contributed by atoms with Gasteiger partial charge in [-0.05, 0) is 55.8 Å². The number of ether oxygens (including phenoxy) is 1. The minimum atomic E-state index is -4.25. The number of carbonyl (C=O) groups excluding carboxylic acids is 2. The van der Waals surface area contributed by atoms with Crippen LogP contribution in [0.3, 0.4) is 0 Å². The van der Waals surface area contributed by atoms with Crippen LogP contribution in [-0.4, -0.2) is 44.2 Å². The van der Waals surface area contributed by atoms with Crippen molar-refractivity contribution in [2.45, 2.75) is 36.9 Å². The second-order valence-corrected chi connectivity index (χ2v) is 8.90. The molecule has 1 amide bonds. The second-order valence-electron chi connectivity index (χ2n) is 6.75. The van der Waals surface area contributed by atoms with Gasteiger partial charge in [0.25, 0.3) is 5.91 Å². The number of rotatable bonds is 9. The average Bonchev–Trinajstić information content (AvgIpc) is 2.70. The van der Waals surface area contributed by atoms with Gasteiger partial charge >= 0.3 is 5.97 Å². The number of nitrogens with one attached hydrogen (secondary N) is 2. The minimum absolute atomic E-state index is 0.305. The fraction of sp³-hybridized carbons (Fsp3) is 0.300. The van der Waals surface area contributed by atoms with Crippen LogP contribution in [0.2, 0.25) is 5.02 Å². The molecule has 0 aliphatic heterocycles. The fourth-order valence-electron chi connectivity index (χ4n) is 2.56. The van der Waals surface area contributed by atoms with E-state index in [2.05, 4.69) is 5.32 Å². The molecular weight excluding hydrogens is 451 g/mol. The molecule has 0 fully saturated rings. The Bertz CT molecular complexity index is 1030. The van der Waals surface area contributed by atoms with Crippen molar-refractivity contribution in [3.8, 4) is 0 Å². The highest BCUT2D eigenvalue weighted by atomic mass is 35.5. The smallest absolute Gasteiger partial charge is 0.327 e. The predicted octanol–water partition coefficient (Wildman–Crippen LogP) is 1.93. The summed E-state index contributed by atoms with van der Waals surface area (Å²) >= 11 is 5.92. The fourth-order valence-corrected chi connectivity index (χ4v) is 4.02. The molecule has 0 unspecified atom stereocenters. The average molecular weight is 473 g/mol. The van der Waals surface area contributed by atoms with Gasteiger partial charge in [0.2, 0.25) is 10.0 Å². The largest absolute Gasteiger partial charge is 0.454 e. The lowest BCUT2D eigenvalue weighted by molar-refractivity contribution is -0.152. The van der Waals surface area contributed by atoms with Crippen LogP contribution in [0, 0.1) is 5.82 Å². The van der Waals surface area contributed by atoms with Gasteiger partial charge in [0.05, 0.1) is 17.0 Å². The Kier molecular flexibility index (Phi) is 8.52. The standard InChI is InChI=1S/C20H22ClFN2O6S/c1-12(14-4-3-5-15(21)10-14)23-18(26)11-30-20(27)19(13(2)25)24-31(28,29)17-8-6-16(22)7-9-17/h3-10,12-13,19,24-25H,11H2,1-2H3,(H,23,26)/t12-,13+,19-/m0/s1. The molecule has 0 heterocycles. The third-order valence-electron chi connectivity index (χ3n) is 4.21. The monoisotopic (exact) mass is 472 g/mol. The van der Waals surface area contributed by atoms with E-state index in [9.17, 15) is 27.5 Å². The van der Waals surface area contributed by atoms with E-state index in [-0.39, 0.29) is 4.90 Å². The maximum Gasteiger partial charge on any atom is 0.327 e. The summed E-state index contributed by atoms with van der Waals surface area (Å²) < 4.78 is 44.7. The van der Waals surface area contributed by atoms with Crippen molar-refractivity contribution in [2.24, 2.45) is 0 Å². The zero-order valence-electron chi connectivity index (χ0n) is 16.7. The Morgan fingerprint density at radius 1 is 1.16 bits per heavy atom. The molecule has 168 valence electrons. The van der Waals surface area contributed by atoms with Crippen molar-refractivity contribution in [1.29, 1.82) is 0 Å². The van der Waals surface area contributed by atoms with Gasteiger partial charge in [-0.25, -0.2) is 12.8 Å². The first-order valence-electron chi connectivity index (χ1n) is 9.17. The Balaban J connectivity index is 1.97. The van der Waals surface area contributed by atoms with Gasteiger partial charge in [-0.15, -0.1) is 0 Å². The van der Waals surface area contributed by atoms with Crippen LogP contribution in [0.15, 0.2) is 53.4 Å². The van der Waals surface area contributed by atoms with E-state index in [1.807, 2.05) is 4.72 Å². The number of amides is 1. The van der Waals surface area contributed by atoms with Crippen molar-refractivity contribution in [3.05, 3.63) is 64.9 Å². The van der Waals surface area contributed by atoms with Crippen LogP contribution in [0.25, 0.3) is 0 Å². The predicted molar refractivity (Wildman–Crippen MR) is 111 cm³/mol. The zero-order chi connectivity index (χ0) is 23.2. The molecule has 31 heavy (non-hydrogen) atoms. The molecule has 3 atom stereocenters. The van der Waals surface area contributed by atoms with Gasteiger partial charge in [0, 0.05) is 5.02 Å². The van der Waals surface area contributed by atoms with Gasteiger partial charge in [0.1, 0.15) is 11.9 Å². The Hall–Kier alpha value is -2.53. The number of carbonyl (C=O) groups is 2. The first-order chi connectivity index (χ1) is 14.5. The lowest BCUT2D eigenvalue weighted by Crippen LogP contribution is -2.49. The molecule has 0 saturated heterocycles. The number of halogens is 2. The molecule has 0 saturated carbocycles. The number of aliphatic hydroxyl groups excluding tert-OH is 1. The van der Waals surface area contributed by atoms with Crippen molar-refractivity contribution >= 4 is 33.5 Å². The lowest BCUT2D eigenvalue weighted by atomic mass is 10.1. The number of aliphatic hydroxyl groups is 1. The summed E-state index contributed by atoms with van der Waals surface area (Å²) in [6.45, 7) is 2.20. The molecule has 2 aromatic carbocycles. The van der Waals surface area contributed by atoms with E-state index in [0.29, 0.717) is 5.02 Å². The highest BCUT2D eigenvalue weighted by molar-refractivity contribution is 7.89. The molecule has 11 heteroatoms. The summed E-state index contributed by atoms with van der Waals surface area (Å²) in [5, 5.41) is 12.9. The van der Waals surface area contributed by atoms with Crippen LogP contribution in [0.5, 0.6) is 0 Å². The Labute approximate surface area is 184 Å². The van der Waals surface area contributed by atoms with Crippen LogP contribution < -0.4 is 10.0 Å². The van der Waals surface area contributed by atoms with E-state index in [1.165, 1.54) is 6.92 Å². The first kappa shape index (κ1) is 24.7. The number of sulfonamides is 1. The lowest BCUT2D eigenvalue weighted by Gasteiger charge is -2.20. The molecule has 0 aliphatic carbocycles. The Morgan fingerprint density at radius 3 is 2.39 bits per heavy atom. The van der Waals surface area contributed by atoms with Crippen LogP contribution >= 0.6 is 11.6 Å². The summed E-state index contributed by atoms with van der Waals surface area (Å²) in [6, 6.07) is 8.64. The second kappa shape index (κ2) is 10.7. The summed E-state index contributed by atoms with van der Waals surface area (Å²) in [4.78, 5) is 24.1. The molecule has 0 aromatic heterocycles. The number of hydrogen-bond donors (Lipinski definition) is 3. The highest BCUT2D eigenvalue weighted by Gasteiger charge is 2.31. The molecule has 0 radical (unpaired) electrons. The van der Waals surface area contributed by atoms with E-state index >= 15 is 0 Å². The summed E-state index contributed by atoms with van der Waals surface area (Å²) in [6.07, 6.45) is -1.46. The molecular formula is C20H22ClFN2O6S. The third kappa shape index (κ3) is 7.28. The number of benzene rings is 2.